The van der Waals surface area contributed by atoms with Crippen LogP contribution in [0.15, 0.2) is 66.7 Å². The molecule has 1 aromatic heterocycles. The second kappa shape index (κ2) is 7.59. The maximum atomic E-state index is 4.66. The summed E-state index contributed by atoms with van der Waals surface area (Å²) in [5.74, 6) is 1.46. The predicted molar refractivity (Wildman–Crippen MR) is 100.0 cm³/mol. The van der Waals surface area contributed by atoms with Crippen LogP contribution in [0.1, 0.15) is 19.4 Å². The van der Waals surface area contributed by atoms with Gasteiger partial charge in [-0.3, -0.25) is 0 Å². The van der Waals surface area contributed by atoms with Gasteiger partial charge < -0.3 is 10.6 Å². The van der Waals surface area contributed by atoms with E-state index in [-0.39, 0.29) is 0 Å². The van der Waals surface area contributed by atoms with Crippen LogP contribution in [0.4, 0.5) is 11.8 Å². The summed E-state index contributed by atoms with van der Waals surface area (Å²) in [7, 11) is 0. The first-order valence-electron chi connectivity index (χ1n) is 8.19. The van der Waals surface area contributed by atoms with Crippen LogP contribution in [-0.2, 0) is 6.54 Å². The number of hydrogen-bond acceptors (Lipinski definition) is 4. The largest absolute Gasteiger partial charge is 0.368 e. The number of hydrogen-bond donors (Lipinski definition) is 2. The Morgan fingerprint density at radius 2 is 1.54 bits per heavy atom. The summed E-state index contributed by atoms with van der Waals surface area (Å²) in [6.45, 7) is 4.89. The lowest BCUT2D eigenvalue weighted by atomic mass is 10.1. The average Bonchev–Trinajstić information content (AvgIpc) is 2.61. The lowest BCUT2D eigenvalue weighted by Crippen LogP contribution is -2.13. The van der Waals surface area contributed by atoms with Crippen LogP contribution in [0, 0.1) is 0 Å². The van der Waals surface area contributed by atoms with Crippen LogP contribution < -0.4 is 10.6 Å². The van der Waals surface area contributed by atoms with Gasteiger partial charge in [-0.2, -0.15) is 4.98 Å². The lowest BCUT2D eigenvalue weighted by Gasteiger charge is -2.13. The summed E-state index contributed by atoms with van der Waals surface area (Å²) in [4.78, 5) is 9.24. The van der Waals surface area contributed by atoms with Crippen LogP contribution >= 0.6 is 0 Å². The van der Waals surface area contributed by atoms with Gasteiger partial charge in [-0.1, -0.05) is 60.7 Å². The SMILES string of the molecule is CC(C)Nc1cc(-c2ccccc2)nc(NCc2ccccc2)n1. The summed E-state index contributed by atoms with van der Waals surface area (Å²) in [6.07, 6.45) is 0. The molecule has 0 bridgehead atoms. The number of anilines is 2. The Kier molecular flexibility index (Phi) is 5.06. The van der Waals surface area contributed by atoms with Crippen LogP contribution in [0.25, 0.3) is 11.3 Å². The van der Waals surface area contributed by atoms with Crippen molar-refractivity contribution >= 4 is 11.8 Å². The highest BCUT2D eigenvalue weighted by molar-refractivity contribution is 5.64. The number of nitrogens with zero attached hydrogens (tertiary/aromatic N) is 2. The molecule has 0 unspecified atom stereocenters. The third-order valence-electron chi connectivity index (χ3n) is 3.53. The summed E-state index contributed by atoms with van der Waals surface area (Å²) < 4.78 is 0. The van der Waals surface area contributed by atoms with E-state index < -0.39 is 0 Å². The molecule has 0 aliphatic heterocycles. The van der Waals surface area contributed by atoms with E-state index in [4.69, 9.17) is 0 Å². The van der Waals surface area contributed by atoms with E-state index in [1.807, 2.05) is 42.5 Å². The van der Waals surface area contributed by atoms with Gasteiger partial charge in [0.15, 0.2) is 0 Å². The standard InChI is InChI=1S/C20H22N4/c1-15(2)22-19-13-18(17-11-7-4-8-12-17)23-20(24-19)21-14-16-9-5-3-6-10-16/h3-13,15H,14H2,1-2H3,(H2,21,22,23,24). The molecule has 0 aliphatic rings. The van der Waals surface area contributed by atoms with Crippen molar-refractivity contribution in [1.29, 1.82) is 0 Å². The minimum Gasteiger partial charge on any atom is -0.368 e. The van der Waals surface area contributed by atoms with E-state index in [9.17, 15) is 0 Å². The maximum Gasteiger partial charge on any atom is 0.225 e. The fourth-order valence-corrected chi connectivity index (χ4v) is 2.43. The molecule has 2 N–H and O–H groups in total. The summed E-state index contributed by atoms with van der Waals surface area (Å²) in [5, 5.41) is 6.68. The monoisotopic (exact) mass is 318 g/mol. The van der Waals surface area contributed by atoms with Crippen LogP contribution in [0.3, 0.4) is 0 Å². The van der Waals surface area contributed by atoms with E-state index in [1.165, 1.54) is 5.56 Å². The molecule has 24 heavy (non-hydrogen) atoms. The molecule has 122 valence electrons. The van der Waals surface area contributed by atoms with Crippen LogP contribution in [0.5, 0.6) is 0 Å². The zero-order valence-electron chi connectivity index (χ0n) is 14.0. The van der Waals surface area contributed by atoms with Gasteiger partial charge >= 0.3 is 0 Å². The van der Waals surface area contributed by atoms with Gasteiger partial charge in [0.1, 0.15) is 5.82 Å². The van der Waals surface area contributed by atoms with Gasteiger partial charge in [0.2, 0.25) is 5.95 Å². The normalized spacial score (nSPS) is 10.6. The molecule has 0 aliphatic carbocycles. The molecule has 4 nitrogen and oxygen atoms in total. The highest BCUT2D eigenvalue weighted by Gasteiger charge is 2.07. The quantitative estimate of drug-likeness (QED) is 0.698. The average molecular weight is 318 g/mol. The van der Waals surface area contributed by atoms with Gasteiger partial charge in [0, 0.05) is 24.2 Å². The number of aromatic nitrogens is 2. The zero-order chi connectivity index (χ0) is 16.8. The molecule has 0 amide bonds. The molecule has 4 heteroatoms. The van der Waals surface area contributed by atoms with Crippen molar-refractivity contribution in [2.75, 3.05) is 10.6 Å². The second-order valence-electron chi connectivity index (χ2n) is 5.97. The van der Waals surface area contributed by atoms with E-state index in [1.54, 1.807) is 0 Å². The highest BCUT2D eigenvalue weighted by Crippen LogP contribution is 2.22. The van der Waals surface area contributed by atoms with Gasteiger partial charge in [0.25, 0.3) is 0 Å². The van der Waals surface area contributed by atoms with Crippen LogP contribution in [-0.4, -0.2) is 16.0 Å². The van der Waals surface area contributed by atoms with Crippen molar-refractivity contribution in [1.82, 2.24) is 9.97 Å². The molecule has 0 saturated heterocycles. The van der Waals surface area contributed by atoms with E-state index in [0.717, 1.165) is 17.1 Å². The molecular formula is C20H22N4. The van der Waals surface area contributed by atoms with Crippen molar-refractivity contribution in [3.63, 3.8) is 0 Å². The fraction of sp³-hybridized carbons (Fsp3) is 0.200. The summed E-state index contributed by atoms with van der Waals surface area (Å²) >= 11 is 0. The zero-order valence-corrected chi connectivity index (χ0v) is 14.0. The van der Waals surface area contributed by atoms with Crippen molar-refractivity contribution in [3.05, 3.63) is 72.3 Å². The number of rotatable bonds is 6. The summed E-state index contributed by atoms with van der Waals surface area (Å²) in [5.41, 5.74) is 3.18. The highest BCUT2D eigenvalue weighted by atomic mass is 15.1. The molecule has 0 saturated carbocycles. The molecule has 1 heterocycles. The first kappa shape index (κ1) is 16.0. The third kappa shape index (κ3) is 4.32. The third-order valence-corrected chi connectivity index (χ3v) is 3.53. The van der Waals surface area contributed by atoms with Crippen molar-refractivity contribution < 1.29 is 0 Å². The van der Waals surface area contributed by atoms with Gasteiger partial charge in [-0.15, -0.1) is 0 Å². The Hall–Kier alpha value is -2.88. The Bertz CT molecular complexity index is 770. The van der Waals surface area contributed by atoms with Crippen molar-refractivity contribution in [2.45, 2.75) is 26.4 Å². The van der Waals surface area contributed by atoms with E-state index in [0.29, 0.717) is 18.5 Å². The molecule has 2 aromatic carbocycles. The van der Waals surface area contributed by atoms with Gasteiger partial charge in [0.05, 0.1) is 5.69 Å². The van der Waals surface area contributed by atoms with Crippen LogP contribution in [0.2, 0.25) is 0 Å². The molecule has 0 radical (unpaired) electrons. The van der Waals surface area contributed by atoms with Crippen molar-refractivity contribution in [2.24, 2.45) is 0 Å². The summed E-state index contributed by atoms with van der Waals surface area (Å²) in [6, 6.07) is 22.7. The van der Waals surface area contributed by atoms with E-state index in [2.05, 4.69) is 58.7 Å². The Labute approximate surface area is 143 Å². The molecule has 3 aromatic rings. The number of nitrogens with one attached hydrogen (secondary N) is 2. The van der Waals surface area contributed by atoms with E-state index >= 15 is 0 Å². The minimum atomic E-state index is 0.311. The first-order chi connectivity index (χ1) is 11.7. The topological polar surface area (TPSA) is 49.8 Å². The Balaban J connectivity index is 1.87. The van der Waals surface area contributed by atoms with Crippen molar-refractivity contribution in [3.8, 4) is 11.3 Å². The Morgan fingerprint density at radius 3 is 2.21 bits per heavy atom. The Morgan fingerprint density at radius 1 is 0.875 bits per heavy atom. The predicted octanol–water partition coefficient (Wildman–Crippen LogP) is 4.58. The second-order valence-corrected chi connectivity index (χ2v) is 5.97. The fourth-order valence-electron chi connectivity index (χ4n) is 2.43. The molecular weight excluding hydrogens is 296 g/mol. The van der Waals surface area contributed by atoms with Gasteiger partial charge in [-0.25, -0.2) is 4.98 Å². The number of benzene rings is 2. The minimum absolute atomic E-state index is 0.311. The maximum absolute atomic E-state index is 4.66. The lowest BCUT2D eigenvalue weighted by molar-refractivity contribution is 0.886. The smallest absolute Gasteiger partial charge is 0.225 e. The molecule has 0 atom stereocenters. The first-order valence-corrected chi connectivity index (χ1v) is 8.19. The molecule has 0 spiro atoms. The molecule has 0 fully saturated rings. The van der Waals surface area contributed by atoms with Gasteiger partial charge in [-0.05, 0) is 19.4 Å². The molecule has 3 rings (SSSR count).